The molecule has 0 aromatic heterocycles. The van der Waals surface area contributed by atoms with Gasteiger partial charge in [-0.1, -0.05) is 61.4 Å². The zero-order chi connectivity index (χ0) is 26.4. The van der Waals surface area contributed by atoms with Crippen LogP contribution in [-0.2, 0) is 16.1 Å². The van der Waals surface area contributed by atoms with Gasteiger partial charge in [0.2, 0.25) is 5.91 Å². The summed E-state index contributed by atoms with van der Waals surface area (Å²) >= 11 is 0. The van der Waals surface area contributed by atoms with E-state index in [1.165, 1.54) is 6.08 Å². The molecule has 3 aromatic rings. The number of hydrogen-bond donors (Lipinski definition) is 2. The van der Waals surface area contributed by atoms with Crippen LogP contribution in [0.15, 0.2) is 78.9 Å². The third-order valence-corrected chi connectivity index (χ3v) is 6.92. The van der Waals surface area contributed by atoms with Gasteiger partial charge in [-0.05, 0) is 65.4 Å². The van der Waals surface area contributed by atoms with Gasteiger partial charge >= 0.3 is 5.97 Å². The van der Waals surface area contributed by atoms with Gasteiger partial charge < -0.3 is 20.0 Å². The molecule has 0 bridgehead atoms. The summed E-state index contributed by atoms with van der Waals surface area (Å²) in [6.45, 7) is 0.355. The van der Waals surface area contributed by atoms with Gasteiger partial charge in [-0.15, -0.1) is 0 Å². The van der Waals surface area contributed by atoms with Gasteiger partial charge in [0.15, 0.2) is 0 Å². The SMILES string of the molecule is CN(C)c1ccc(-c2ccc(CN(C(=O)C3CCCCC3O)c3cccc(/C=C/C(=O)O)c3)cc2)cc1. The molecular formula is C31H34N2O4. The average Bonchev–Trinajstić information content (AvgIpc) is 2.91. The first-order valence-electron chi connectivity index (χ1n) is 12.7. The lowest BCUT2D eigenvalue weighted by molar-refractivity contribution is -0.131. The highest BCUT2D eigenvalue weighted by atomic mass is 16.4. The normalized spacial score (nSPS) is 17.5. The van der Waals surface area contributed by atoms with E-state index in [0.29, 0.717) is 30.6 Å². The molecule has 4 rings (SSSR count). The maximum Gasteiger partial charge on any atom is 0.328 e. The Balaban J connectivity index is 1.61. The van der Waals surface area contributed by atoms with Gasteiger partial charge in [0, 0.05) is 31.5 Å². The number of aliphatic hydroxyl groups excluding tert-OH is 1. The minimum Gasteiger partial charge on any atom is -0.478 e. The second-order valence-corrected chi connectivity index (χ2v) is 9.79. The number of anilines is 2. The van der Waals surface area contributed by atoms with Crippen LogP contribution < -0.4 is 9.80 Å². The van der Waals surface area contributed by atoms with Crippen molar-refractivity contribution in [3.63, 3.8) is 0 Å². The Morgan fingerprint density at radius 2 is 1.54 bits per heavy atom. The summed E-state index contributed by atoms with van der Waals surface area (Å²) < 4.78 is 0. The molecule has 1 amide bonds. The van der Waals surface area contributed by atoms with Crippen molar-refractivity contribution in [2.45, 2.75) is 38.3 Å². The Morgan fingerprint density at radius 3 is 2.16 bits per heavy atom. The van der Waals surface area contributed by atoms with Crippen LogP contribution in [0, 0.1) is 5.92 Å². The number of aliphatic carboxylic acids is 1. The summed E-state index contributed by atoms with van der Waals surface area (Å²) in [6.07, 6.45) is 5.09. The Morgan fingerprint density at radius 1 is 0.892 bits per heavy atom. The first-order chi connectivity index (χ1) is 17.8. The minimum absolute atomic E-state index is 0.102. The molecule has 1 saturated carbocycles. The summed E-state index contributed by atoms with van der Waals surface area (Å²) in [5.41, 5.74) is 5.69. The van der Waals surface area contributed by atoms with Crippen LogP contribution in [0.3, 0.4) is 0 Å². The van der Waals surface area contributed by atoms with Crippen LogP contribution in [0.5, 0.6) is 0 Å². The maximum atomic E-state index is 13.7. The number of carboxylic acids is 1. The fourth-order valence-electron chi connectivity index (χ4n) is 4.80. The molecule has 0 heterocycles. The zero-order valence-electron chi connectivity index (χ0n) is 21.4. The molecule has 2 atom stereocenters. The molecule has 0 saturated heterocycles. The van der Waals surface area contributed by atoms with Crippen molar-refractivity contribution >= 4 is 29.3 Å². The van der Waals surface area contributed by atoms with Crippen molar-refractivity contribution in [2.24, 2.45) is 5.92 Å². The third kappa shape index (κ3) is 6.66. The maximum absolute atomic E-state index is 13.7. The summed E-state index contributed by atoms with van der Waals surface area (Å²) in [5.74, 6) is -1.57. The molecule has 192 valence electrons. The van der Waals surface area contributed by atoms with Crippen molar-refractivity contribution < 1.29 is 19.8 Å². The summed E-state index contributed by atoms with van der Waals surface area (Å²) in [7, 11) is 4.03. The van der Waals surface area contributed by atoms with E-state index in [9.17, 15) is 14.7 Å². The molecule has 37 heavy (non-hydrogen) atoms. The van der Waals surface area contributed by atoms with E-state index in [1.54, 1.807) is 11.0 Å². The molecular weight excluding hydrogens is 464 g/mol. The largest absolute Gasteiger partial charge is 0.478 e. The Kier molecular flexibility index (Phi) is 8.41. The summed E-state index contributed by atoms with van der Waals surface area (Å²) in [5, 5.41) is 19.6. The lowest BCUT2D eigenvalue weighted by Crippen LogP contribution is -2.42. The number of amides is 1. The average molecular weight is 499 g/mol. The van der Waals surface area contributed by atoms with E-state index in [0.717, 1.165) is 41.3 Å². The van der Waals surface area contributed by atoms with Gasteiger partial charge in [0.05, 0.1) is 18.6 Å². The second-order valence-electron chi connectivity index (χ2n) is 9.79. The van der Waals surface area contributed by atoms with E-state index in [2.05, 4.69) is 41.3 Å². The number of carbonyl (C=O) groups excluding carboxylic acids is 1. The molecule has 0 spiro atoms. The van der Waals surface area contributed by atoms with Crippen molar-refractivity contribution in [2.75, 3.05) is 23.9 Å². The highest BCUT2D eigenvalue weighted by Gasteiger charge is 2.33. The Labute approximate surface area is 218 Å². The van der Waals surface area contributed by atoms with Crippen molar-refractivity contribution in [1.29, 1.82) is 0 Å². The highest BCUT2D eigenvalue weighted by Crippen LogP contribution is 2.30. The highest BCUT2D eigenvalue weighted by molar-refractivity contribution is 5.96. The van der Waals surface area contributed by atoms with Crippen LogP contribution in [0.2, 0.25) is 0 Å². The van der Waals surface area contributed by atoms with Crippen LogP contribution in [0.25, 0.3) is 17.2 Å². The van der Waals surface area contributed by atoms with E-state index < -0.39 is 18.0 Å². The van der Waals surface area contributed by atoms with E-state index in [4.69, 9.17) is 5.11 Å². The number of hydrogen-bond acceptors (Lipinski definition) is 4. The van der Waals surface area contributed by atoms with Gasteiger partial charge in [-0.3, -0.25) is 4.79 Å². The quantitative estimate of drug-likeness (QED) is 0.395. The van der Waals surface area contributed by atoms with Crippen LogP contribution in [0.4, 0.5) is 11.4 Å². The standard InChI is InChI=1S/C31H34N2O4/c1-32(2)26-17-15-25(16-18-26)24-13-10-23(11-14-24)21-33(31(37)28-8-3-4-9-29(28)34)27-7-5-6-22(20-27)12-19-30(35)36/h5-7,10-20,28-29,34H,3-4,8-9,21H2,1-2H3,(H,35,36)/b19-12+. The molecule has 0 aliphatic heterocycles. The van der Waals surface area contributed by atoms with Gasteiger partial charge in [0.1, 0.15) is 0 Å². The van der Waals surface area contributed by atoms with Crippen molar-refractivity contribution in [3.05, 3.63) is 90.0 Å². The smallest absolute Gasteiger partial charge is 0.328 e. The summed E-state index contributed by atoms with van der Waals surface area (Å²) in [6, 6.07) is 23.8. The monoisotopic (exact) mass is 498 g/mol. The van der Waals surface area contributed by atoms with Crippen molar-refractivity contribution in [1.82, 2.24) is 0 Å². The van der Waals surface area contributed by atoms with Gasteiger partial charge in [0.25, 0.3) is 0 Å². The lowest BCUT2D eigenvalue weighted by Gasteiger charge is -2.32. The number of nitrogens with zero attached hydrogens (tertiary/aromatic N) is 2. The van der Waals surface area contributed by atoms with E-state index in [1.807, 2.05) is 44.4 Å². The Bertz CT molecular complexity index is 1250. The van der Waals surface area contributed by atoms with Crippen LogP contribution in [0.1, 0.15) is 36.8 Å². The molecule has 3 aromatic carbocycles. The predicted octanol–water partition coefficient (Wildman–Crippen LogP) is 5.60. The minimum atomic E-state index is -1.03. The fraction of sp³-hybridized carbons (Fsp3) is 0.290. The first kappa shape index (κ1) is 26.2. The first-order valence-corrected chi connectivity index (χ1v) is 12.7. The molecule has 1 aliphatic carbocycles. The molecule has 1 aliphatic rings. The molecule has 2 N–H and O–H groups in total. The number of aliphatic hydroxyl groups is 1. The number of rotatable bonds is 8. The van der Waals surface area contributed by atoms with Crippen molar-refractivity contribution in [3.8, 4) is 11.1 Å². The topological polar surface area (TPSA) is 81.1 Å². The molecule has 2 unspecified atom stereocenters. The third-order valence-electron chi connectivity index (χ3n) is 6.92. The molecule has 6 nitrogen and oxygen atoms in total. The second kappa shape index (κ2) is 11.9. The summed E-state index contributed by atoms with van der Waals surface area (Å²) in [4.78, 5) is 28.5. The van der Waals surface area contributed by atoms with Crippen LogP contribution >= 0.6 is 0 Å². The molecule has 1 fully saturated rings. The Hall–Kier alpha value is -3.90. The van der Waals surface area contributed by atoms with Gasteiger partial charge in [-0.2, -0.15) is 0 Å². The number of benzene rings is 3. The zero-order valence-corrected chi connectivity index (χ0v) is 21.4. The number of carboxylic acid groups (broad SMARTS) is 1. The predicted molar refractivity (Wildman–Crippen MR) is 148 cm³/mol. The molecule has 6 heteroatoms. The fourth-order valence-corrected chi connectivity index (χ4v) is 4.80. The van der Waals surface area contributed by atoms with E-state index in [-0.39, 0.29) is 5.91 Å². The molecule has 0 radical (unpaired) electrons. The van der Waals surface area contributed by atoms with Gasteiger partial charge in [-0.25, -0.2) is 4.79 Å². The number of carbonyl (C=O) groups is 2. The lowest BCUT2D eigenvalue weighted by atomic mass is 9.85. The van der Waals surface area contributed by atoms with E-state index >= 15 is 0 Å². The van der Waals surface area contributed by atoms with Crippen LogP contribution in [-0.4, -0.2) is 42.3 Å².